The Hall–Kier alpha value is -3.64. The first-order valence-corrected chi connectivity index (χ1v) is 9.64. The van der Waals surface area contributed by atoms with Crippen LogP contribution in [0.3, 0.4) is 0 Å². The third-order valence-corrected chi connectivity index (χ3v) is 5.31. The third kappa shape index (κ3) is 2.90. The fourth-order valence-electron chi connectivity index (χ4n) is 4.00. The fourth-order valence-corrected chi connectivity index (χ4v) is 4.00. The van der Waals surface area contributed by atoms with Gasteiger partial charge in [0.2, 0.25) is 0 Å². The highest BCUT2D eigenvalue weighted by molar-refractivity contribution is 6.10. The number of hydrogen-bond acceptors (Lipinski definition) is 0. The maximum absolute atomic E-state index is 2.24. The van der Waals surface area contributed by atoms with Gasteiger partial charge in [-0.05, 0) is 43.8 Å². The van der Waals surface area contributed by atoms with E-state index in [1.807, 2.05) is 0 Å². The Bertz CT molecular complexity index is 1180. The molecule has 0 unspecified atom stereocenters. The van der Waals surface area contributed by atoms with Gasteiger partial charge in [-0.3, -0.25) is 0 Å². The molecule has 0 saturated carbocycles. The van der Waals surface area contributed by atoms with Gasteiger partial charge in [-0.15, -0.1) is 0 Å². The second kappa shape index (κ2) is 7.17. The van der Waals surface area contributed by atoms with E-state index < -0.39 is 0 Å². The van der Waals surface area contributed by atoms with Crippen molar-refractivity contribution in [2.45, 2.75) is 0 Å². The summed E-state index contributed by atoms with van der Waals surface area (Å²) in [4.78, 5) is 0. The van der Waals surface area contributed by atoms with E-state index in [-0.39, 0.29) is 0 Å². The van der Waals surface area contributed by atoms with E-state index in [1.54, 1.807) is 0 Å². The van der Waals surface area contributed by atoms with Gasteiger partial charge in [-0.2, -0.15) is 0 Å². The van der Waals surface area contributed by atoms with Gasteiger partial charge in [-0.1, -0.05) is 121 Å². The van der Waals surface area contributed by atoms with Crippen molar-refractivity contribution < 1.29 is 0 Å². The Labute approximate surface area is 165 Å². The quantitative estimate of drug-likeness (QED) is 0.347. The number of rotatable bonds is 2. The van der Waals surface area contributed by atoms with Crippen LogP contribution >= 0.6 is 0 Å². The van der Waals surface area contributed by atoms with Gasteiger partial charge in [0, 0.05) is 0 Å². The molecule has 0 nitrogen and oxygen atoms in total. The number of fused-ring (bicyclic) bond motifs is 2. The lowest BCUT2D eigenvalue weighted by Crippen LogP contribution is -1.92. The molecule has 5 rings (SSSR count). The van der Waals surface area contributed by atoms with Gasteiger partial charge >= 0.3 is 0 Å². The minimum atomic E-state index is 1.24. The first-order valence-electron chi connectivity index (χ1n) is 9.64. The Morgan fingerprint density at radius 1 is 0.357 bits per heavy atom. The third-order valence-electron chi connectivity index (χ3n) is 5.31. The zero-order valence-corrected chi connectivity index (χ0v) is 15.5. The molecular formula is C28H20. The Kier molecular flexibility index (Phi) is 4.23. The lowest BCUT2D eigenvalue weighted by Gasteiger charge is -2.16. The van der Waals surface area contributed by atoms with Crippen LogP contribution in [-0.4, -0.2) is 0 Å². The summed E-state index contributed by atoms with van der Waals surface area (Å²) in [5, 5.41) is 5.08. The summed E-state index contributed by atoms with van der Waals surface area (Å²) in [6.45, 7) is 0. The number of hydrogen-bond donors (Lipinski definition) is 0. The largest absolute Gasteiger partial charge is 0.0622 e. The molecule has 0 atom stereocenters. The van der Waals surface area contributed by atoms with Crippen LogP contribution in [0.2, 0.25) is 0 Å². The summed E-state index contributed by atoms with van der Waals surface area (Å²) < 4.78 is 0. The van der Waals surface area contributed by atoms with Crippen LogP contribution in [-0.2, 0) is 0 Å². The molecular weight excluding hydrogens is 336 g/mol. The normalized spacial score (nSPS) is 13.9. The first-order chi connectivity index (χ1) is 13.9. The summed E-state index contributed by atoms with van der Waals surface area (Å²) in [6, 6.07) is 30.3. The first kappa shape index (κ1) is 16.5. The molecule has 0 bridgehead atoms. The standard InChI is InChI=1S/C28H20/c1-2-4-18-28(26-20-10-14-22-12-6-8-16-24(22)26)27(17-3-1)25-19-9-13-21-11-5-7-15-23(21)25/h1-20H. The maximum Gasteiger partial charge on any atom is -0.00990 e. The molecule has 4 aromatic rings. The second-order valence-corrected chi connectivity index (χ2v) is 6.98. The zero-order valence-electron chi connectivity index (χ0n) is 15.5. The van der Waals surface area contributed by atoms with Crippen LogP contribution in [0.25, 0.3) is 32.7 Å². The van der Waals surface area contributed by atoms with Crippen LogP contribution in [0.1, 0.15) is 11.1 Å². The molecule has 1 aliphatic rings. The van der Waals surface area contributed by atoms with Crippen molar-refractivity contribution >= 4 is 32.7 Å². The second-order valence-electron chi connectivity index (χ2n) is 6.98. The summed E-state index contributed by atoms with van der Waals surface area (Å²) in [5.74, 6) is 0. The van der Waals surface area contributed by atoms with E-state index in [9.17, 15) is 0 Å². The molecule has 4 aromatic carbocycles. The van der Waals surface area contributed by atoms with Crippen LogP contribution in [0.5, 0.6) is 0 Å². The van der Waals surface area contributed by atoms with Crippen LogP contribution in [0.4, 0.5) is 0 Å². The molecule has 28 heavy (non-hydrogen) atoms. The molecule has 0 aliphatic heterocycles. The minimum absolute atomic E-state index is 1.24. The molecule has 0 heterocycles. The van der Waals surface area contributed by atoms with E-state index >= 15 is 0 Å². The molecule has 0 fully saturated rings. The maximum atomic E-state index is 2.24. The van der Waals surface area contributed by atoms with Gasteiger partial charge in [0.1, 0.15) is 0 Å². The molecule has 1 aliphatic carbocycles. The Morgan fingerprint density at radius 3 is 1.29 bits per heavy atom. The summed E-state index contributed by atoms with van der Waals surface area (Å²) in [7, 11) is 0. The average molecular weight is 356 g/mol. The van der Waals surface area contributed by atoms with Crippen molar-refractivity contribution in [3.63, 3.8) is 0 Å². The average Bonchev–Trinajstić information content (AvgIpc) is 2.73. The lowest BCUT2D eigenvalue weighted by atomic mass is 9.88. The minimum Gasteiger partial charge on any atom is -0.0622 e. The Balaban J connectivity index is 1.87. The highest BCUT2D eigenvalue weighted by Gasteiger charge is 2.13. The monoisotopic (exact) mass is 356 g/mol. The van der Waals surface area contributed by atoms with Crippen LogP contribution in [0.15, 0.2) is 121 Å². The van der Waals surface area contributed by atoms with E-state index in [2.05, 4.69) is 121 Å². The fraction of sp³-hybridized carbons (Fsp3) is 0. The van der Waals surface area contributed by atoms with E-state index in [0.717, 1.165) is 0 Å². The number of allylic oxidation sites excluding steroid dienone is 8. The van der Waals surface area contributed by atoms with Gasteiger partial charge < -0.3 is 0 Å². The molecule has 0 radical (unpaired) electrons. The highest BCUT2D eigenvalue weighted by atomic mass is 14.2. The van der Waals surface area contributed by atoms with Gasteiger partial charge in [0.15, 0.2) is 0 Å². The smallest absolute Gasteiger partial charge is 0.00990 e. The topological polar surface area (TPSA) is 0 Å². The number of benzene rings is 4. The van der Waals surface area contributed by atoms with Crippen molar-refractivity contribution in [1.29, 1.82) is 0 Å². The van der Waals surface area contributed by atoms with E-state index in [4.69, 9.17) is 0 Å². The van der Waals surface area contributed by atoms with E-state index in [0.29, 0.717) is 0 Å². The van der Waals surface area contributed by atoms with Crippen molar-refractivity contribution in [2.24, 2.45) is 0 Å². The van der Waals surface area contributed by atoms with Crippen molar-refractivity contribution in [3.05, 3.63) is 133 Å². The van der Waals surface area contributed by atoms with Crippen molar-refractivity contribution in [2.75, 3.05) is 0 Å². The molecule has 0 saturated heterocycles. The SMILES string of the molecule is C1=CC=CC(c2cccc3ccccc23)=C(c2cccc3ccccc23)C=C1. The van der Waals surface area contributed by atoms with Gasteiger partial charge in [-0.25, -0.2) is 0 Å². The Morgan fingerprint density at radius 2 is 0.786 bits per heavy atom. The van der Waals surface area contributed by atoms with Gasteiger partial charge in [0.25, 0.3) is 0 Å². The predicted molar refractivity (Wildman–Crippen MR) is 122 cm³/mol. The highest BCUT2D eigenvalue weighted by Crippen LogP contribution is 2.36. The molecule has 0 N–H and O–H groups in total. The van der Waals surface area contributed by atoms with Crippen molar-refractivity contribution in [3.8, 4) is 0 Å². The van der Waals surface area contributed by atoms with Crippen molar-refractivity contribution in [1.82, 2.24) is 0 Å². The molecule has 0 heteroatoms. The molecule has 132 valence electrons. The molecule has 0 aromatic heterocycles. The molecule has 0 amide bonds. The summed E-state index contributed by atoms with van der Waals surface area (Å²) >= 11 is 0. The van der Waals surface area contributed by atoms with E-state index in [1.165, 1.54) is 43.8 Å². The summed E-state index contributed by atoms with van der Waals surface area (Å²) in [5.41, 5.74) is 5.01. The summed E-state index contributed by atoms with van der Waals surface area (Å²) in [6.07, 6.45) is 12.9. The zero-order chi connectivity index (χ0) is 18.8. The molecule has 0 spiro atoms. The van der Waals surface area contributed by atoms with Crippen LogP contribution in [0, 0.1) is 0 Å². The van der Waals surface area contributed by atoms with Crippen LogP contribution < -0.4 is 0 Å². The lowest BCUT2D eigenvalue weighted by molar-refractivity contribution is 1.63. The predicted octanol–water partition coefficient (Wildman–Crippen LogP) is 7.59. The van der Waals surface area contributed by atoms with Gasteiger partial charge in [0.05, 0.1) is 0 Å².